The highest BCUT2D eigenvalue weighted by molar-refractivity contribution is 5.59. The molecule has 0 saturated carbocycles. The molecule has 0 aliphatic carbocycles. The minimum Gasteiger partial charge on any atom is -0.256 e. The van der Waals surface area contributed by atoms with E-state index in [4.69, 9.17) is 0 Å². The van der Waals surface area contributed by atoms with Gasteiger partial charge in [-0.05, 0) is 42.9 Å². The number of nitrogens with zero attached hydrogens (tertiary/aromatic N) is 1. The van der Waals surface area contributed by atoms with Crippen molar-refractivity contribution in [1.29, 1.82) is 0 Å². The summed E-state index contributed by atoms with van der Waals surface area (Å²) in [4.78, 5) is 4.62. The molecule has 1 heteroatoms. The fourth-order valence-corrected chi connectivity index (χ4v) is 2.72. The second-order valence-electron chi connectivity index (χ2n) is 6.16. The van der Waals surface area contributed by atoms with E-state index in [1.807, 2.05) is 6.20 Å². The van der Waals surface area contributed by atoms with Crippen molar-refractivity contribution in [2.75, 3.05) is 0 Å². The molecule has 2 rings (SSSR count). The Morgan fingerprint density at radius 1 is 0.682 bits per heavy atom. The Morgan fingerprint density at radius 2 is 1.36 bits per heavy atom. The van der Waals surface area contributed by atoms with Crippen LogP contribution < -0.4 is 0 Å². The fraction of sp³-hybridized carbons (Fsp3) is 0.476. The molecule has 0 N–H and O–H groups in total. The molecule has 0 radical (unpaired) electrons. The highest BCUT2D eigenvalue weighted by Crippen LogP contribution is 2.19. The van der Waals surface area contributed by atoms with Crippen molar-refractivity contribution in [3.05, 3.63) is 53.7 Å². The molecule has 22 heavy (non-hydrogen) atoms. The van der Waals surface area contributed by atoms with Crippen molar-refractivity contribution in [2.24, 2.45) is 0 Å². The van der Waals surface area contributed by atoms with Gasteiger partial charge in [0.2, 0.25) is 0 Å². The zero-order chi connectivity index (χ0) is 15.6. The summed E-state index contributed by atoms with van der Waals surface area (Å²) in [6.07, 6.45) is 12.2. The lowest BCUT2D eigenvalue weighted by Gasteiger charge is -2.05. The summed E-state index contributed by atoms with van der Waals surface area (Å²) in [5.41, 5.74) is 5.09. The maximum absolute atomic E-state index is 4.62. The number of hydrogen-bond donors (Lipinski definition) is 0. The van der Waals surface area contributed by atoms with Crippen LogP contribution in [0.5, 0.6) is 0 Å². The van der Waals surface area contributed by atoms with Crippen molar-refractivity contribution in [2.45, 2.75) is 65.2 Å². The van der Waals surface area contributed by atoms with Gasteiger partial charge in [0.25, 0.3) is 0 Å². The number of aryl methyl sites for hydroxylation is 2. The molecular weight excluding hydrogens is 266 g/mol. The van der Waals surface area contributed by atoms with E-state index in [0.29, 0.717) is 0 Å². The van der Waals surface area contributed by atoms with Crippen LogP contribution in [0.15, 0.2) is 42.6 Å². The van der Waals surface area contributed by atoms with E-state index >= 15 is 0 Å². The highest BCUT2D eigenvalue weighted by atomic mass is 14.7. The summed E-state index contributed by atoms with van der Waals surface area (Å²) in [6.45, 7) is 4.49. The molecule has 1 heterocycles. The molecular formula is C21H29N. The third kappa shape index (κ3) is 5.29. The third-order valence-corrected chi connectivity index (χ3v) is 4.21. The summed E-state index contributed by atoms with van der Waals surface area (Å²) in [6, 6.07) is 13.3. The van der Waals surface area contributed by atoms with Gasteiger partial charge in [0.1, 0.15) is 0 Å². The Hall–Kier alpha value is -1.63. The van der Waals surface area contributed by atoms with Gasteiger partial charge in [0.05, 0.1) is 5.69 Å². The van der Waals surface area contributed by atoms with Gasteiger partial charge in [-0.3, -0.25) is 4.98 Å². The molecule has 0 atom stereocenters. The molecule has 0 spiro atoms. The lowest BCUT2D eigenvalue weighted by Crippen LogP contribution is -1.90. The molecule has 0 saturated heterocycles. The van der Waals surface area contributed by atoms with E-state index in [-0.39, 0.29) is 0 Å². The predicted molar refractivity (Wildman–Crippen MR) is 96.1 cm³/mol. The summed E-state index contributed by atoms with van der Waals surface area (Å²) in [5, 5.41) is 0. The van der Waals surface area contributed by atoms with Gasteiger partial charge in [0.15, 0.2) is 0 Å². The third-order valence-electron chi connectivity index (χ3n) is 4.21. The van der Waals surface area contributed by atoms with E-state index in [1.54, 1.807) is 0 Å². The number of rotatable bonds is 9. The van der Waals surface area contributed by atoms with E-state index in [1.165, 1.54) is 61.6 Å². The van der Waals surface area contributed by atoms with Crippen LogP contribution in [-0.2, 0) is 12.8 Å². The molecule has 0 bridgehead atoms. The van der Waals surface area contributed by atoms with Gasteiger partial charge in [0, 0.05) is 11.8 Å². The summed E-state index contributed by atoms with van der Waals surface area (Å²) < 4.78 is 0. The smallest absolute Gasteiger partial charge is 0.0702 e. The molecule has 2 aromatic rings. The number of pyridine rings is 1. The van der Waals surface area contributed by atoms with Crippen LogP contribution in [0.2, 0.25) is 0 Å². The van der Waals surface area contributed by atoms with E-state index in [2.05, 4.69) is 55.2 Å². The van der Waals surface area contributed by atoms with Gasteiger partial charge >= 0.3 is 0 Å². The van der Waals surface area contributed by atoms with Crippen molar-refractivity contribution in [1.82, 2.24) is 4.98 Å². The highest BCUT2D eigenvalue weighted by Gasteiger charge is 2.01. The first kappa shape index (κ1) is 16.7. The molecule has 118 valence electrons. The Balaban J connectivity index is 1.92. The van der Waals surface area contributed by atoms with Crippen LogP contribution in [0.1, 0.15) is 63.5 Å². The van der Waals surface area contributed by atoms with Crippen molar-refractivity contribution >= 4 is 0 Å². The normalized spacial score (nSPS) is 10.8. The average Bonchev–Trinajstić information content (AvgIpc) is 2.58. The zero-order valence-electron chi connectivity index (χ0n) is 14.1. The monoisotopic (exact) mass is 295 g/mol. The summed E-state index contributed by atoms with van der Waals surface area (Å²) >= 11 is 0. The summed E-state index contributed by atoms with van der Waals surface area (Å²) in [7, 11) is 0. The average molecular weight is 295 g/mol. The lowest BCUT2D eigenvalue weighted by molar-refractivity contribution is 0.667. The Bertz CT molecular complexity index is 525. The standard InChI is InChI=1S/C21H29N/c1-3-5-7-8-10-18-11-14-20(15-12-18)21-16-13-19(17-22-21)9-6-4-2/h11-17H,3-10H2,1-2H3. The first-order valence-electron chi connectivity index (χ1n) is 8.87. The predicted octanol–water partition coefficient (Wildman–Crippen LogP) is 6.21. The Morgan fingerprint density at radius 3 is 2.00 bits per heavy atom. The molecule has 1 aromatic carbocycles. The molecule has 0 unspecified atom stereocenters. The molecule has 0 amide bonds. The van der Waals surface area contributed by atoms with Crippen LogP contribution >= 0.6 is 0 Å². The van der Waals surface area contributed by atoms with Crippen molar-refractivity contribution < 1.29 is 0 Å². The first-order valence-corrected chi connectivity index (χ1v) is 8.87. The number of unbranched alkanes of at least 4 members (excludes halogenated alkanes) is 4. The maximum Gasteiger partial charge on any atom is 0.0702 e. The Labute approximate surface area is 135 Å². The molecule has 1 nitrogen and oxygen atoms in total. The van der Waals surface area contributed by atoms with E-state index < -0.39 is 0 Å². The fourth-order valence-electron chi connectivity index (χ4n) is 2.72. The van der Waals surface area contributed by atoms with E-state index in [9.17, 15) is 0 Å². The second-order valence-corrected chi connectivity index (χ2v) is 6.16. The van der Waals surface area contributed by atoms with Gasteiger partial charge in [-0.15, -0.1) is 0 Å². The van der Waals surface area contributed by atoms with Crippen LogP contribution in [0, 0.1) is 0 Å². The van der Waals surface area contributed by atoms with Crippen molar-refractivity contribution in [3.63, 3.8) is 0 Å². The van der Waals surface area contributed by atoms with Crippen molar-refractivity contribution in [3.8, 4) is 11.3 Å². The largest absolute Gasteiger partial charge is 0.256 e. The number of benzene rings is 1. The minimum atomic E-state index is 1.08. The van der Waals surface area contributed by atoms with E-state index in [0.717, 1.165) is 12.1 Å². The molecule has 0 fully saturated rings. The topological polar surface area (TPSA) is 12.9 Å². The minimum absolute atomic E-state index is 1.08. The second kappa shape index (κ2) is 9.40. The first-order chi connectivity index (χ1) is 10.8. The van der Waals surface area contributed by atoms with Gasteiger partial charge in [-0.2, -0.15) is 0 Å². The van der Waals surface area contributed by atoms with Gasteiger partial charge in [-0.25, -0.2) is 0 Å². The molecule has 0 aliphatic heterocycles. The van der Waals surface area contributed by atoms with Gasteiger partial charge in [-0.1, -0.05) is 69.9 Å². The maximum atomic E-state index is 4.62. The van der Waals surface area contributed by atoms with Crippen LogP contribution in [0.3, 0.4) is 0 Å². The molecule has 0 aliphatic rings. The SMILES string of the molecule is CCCCCCc1ccc(-c2ccc(CCCC)cn2)cc1. The Kier molecular flexibility index (Phi) is 7.15. The number of aromatic nitrogens is 1. The zero-order valence-corrected chi connectivity index (χ0v) is 14.1. The molecule has 1 aromatic heterocycles. The summed E-state index contributed by atoms with van der Waals surface area (Å²) in [5.74, 6) is 0. The van der Waals surface area contributed by atoms with Crippen LogP contribution in [0.4, 0.5) is 0 Å². The van der Waals surface area contributed by atoms with Crippen LogP contribution in [-0.4, -0.2) is 4.98 Å². The van der Waals surface area contributed by atoms with Gasteiger partial charge < -0.3 is 0 Å². The van der Waals surface area contributed by atoms with Crippen LogP contribution in [0.25, 0.3) is 11.3 Å². The lowest BCUT2D eigenvalue weighted by atomic mass is 10.0. The quantitative estimate of drug-likeness (QED) is 0.501. The number of hydrogen-bond acceptors (Lipinski definition) is 1.